The van der Waals surface area contributed by atoms with Gasteiger partial charge in [-0.3, -0.25) is 18.6 Å². The van der Waals surface area contributed by atoms with Crippen molar-refractivity contribution in [1.29, 1.82) is 0 Å². The average Bonchev–Trinajstić information content (AvgIpc) is 3.18. The van der Waals surface area contributed by atoms with E-state index in [1.54, 1.807) is 0 Å². The van der Waals surface area contributed by atoms with Crippen LogP contribution in [-0.2, 0) is 23.2 Å². The standard InChI is InChI=1S/C49H94NO8P/c1-7-10-12-14-16-18-20-22-24-26-28-30-32-34-36-39-46(53)45(38-9-3)49(48(41-50(4,5)6)58-59(55,56)57-43-44(52)42-51)47(54)40-37-35-33-31-29-27-25-23-21-19-17-15-13-11-8-2/h16,18,22,24,44-45,48-49,51-52H,7-15,17,19-21,23,25-43H2,1-6H3/p+1/b18-16-,24-22-. The van der Waals surface area contributed by atoms with E-state index in [0.717, 1.165) is 64.2 Å². The van der Waals surface area contributed by atoms with Crippen LogP contribution in [-0.4, -0.2) is 84.3 Å². The largest absolute Gasteiger partial charge is 0.472 e. The first-order valence-electron chi connectivity index (χ1n) is 24.4. The smallest absolute Gasteiger partial charge is 0.394 e. The summed E-state index contributed by atoms with van der Waals surface area (Å²) in [6.45, 7) is 5.47. The SMILES string of the molecule is CCCCC/C=C\C/C=C\CCCCCCCC(=O)C(CCC)C(C(=O)CCCCCCCCCCCCCCCCC)C(C[N+](C)(C)C)OP(=O)(O)OCC(O)CO. The average molecular weight is 857 g/mol. The summed E-state index contributed by atoms with van der Waals surface area (Å²) in [5.74, 6) is -1.60. The topological polar surface area (TPSA) is 130 Å². The Morgan fingerprint density at radius 3 is 1.49 bits per heavy atom. The lowest BCUT2D eigenvalue weighted by molar-refractivity contribution is -0.873. The number of aliphatic hydroxyl groups is 2. The first-order chi connectivity index (χ1) is 28.3. The molecule has 348 valence electrons. The molecule has 0 rings (SSSR count). The normalized spacial score (nSPS) is 15.5. The van der Waals surface area contributed by atoms with Crippen LogP contribution in [0.3, 0.4) is 0 Å². The van der Waals surface area contributed by atoms with Gasteiger partial charge < -0.3 is 19.6 Å². The van der Waals surface area contributed by atoms with Crippen molar-refractivity contribution >= 4 is 19.4 Å². The summed E-state index contributed by atoms with van der Waals surface area (Å²) < 4.78 is 24.5. The summed E-state index contributed by atoms with van der Waals surface area (Å²) in [5, 5.41) is 19.0. The second-order valence-corrected chi connectivity index (χ2v) is 19.7. The van der Waals surface area contributed by atoms with Gasteiger partial charge in [-0.15, -0.1) is 0 Å². The molecule has 0 fully saturated rings. The lowest BCUT2D eigenvalue weighted by Crippen LogP contribution is -2.49. The van der Waals surface area contributed by atoms with E-state index in [1.165, 1.54) is 96.3 Å². The van der Waals surface area contributed by atoms with Crippen LogP contribution >= 0.6 is 7.82 Å². The van der Waals surface area contributed by atoms with Gasteiger partial charge in [-0.1, -0.05) is 173 Å². The Hall–Kier alpha value is -1.19. The molecule has 0 aromatic carbocycles. The number of ketones is 2. The van der Waals surface area contributed by atoms with Gasteiger partial charge >= 0.3 is 7.82 Å². The number of allylic oxidation sites excluding steroid dienone is 4. The number of carbonyl (C=O) groups is 2. The molecule has 9 nitrogen and oxygen atoms in total. The van der Waals surface area contributed by atoms with Crippen molar-refractivity contribution in [3.05, 3.63) is 24.3 Å². The molecule has 5 unspecified atom stereocenters. The highest BCUT2D eigenvalue weighted by molar-refractivity contribution is 7.47. The highest BCUT2D eigenvalue weighted by Crippen LogP contribution is 2.47. The van der Waals surface area contributed by atoms with E-state index in [0.29, 0.717) is 30.2 Å². The molecule has 0 bridgehead atoms. The number of likely N-dealkylation sites (N-methyl/N-ethyl adjacent to an activating group) is 1. The molecule has 59 heavy (non-hydrogen) atoms. The van der Waals surface area contributed by atoms with Gasteiger partial charge in [-0.2, -0.15) is 0 Å². The van der Waals surface area contributed by atoms with E-state index in [-0.39, 0.29) is 24.5 Å². The molecule has 0 saturated carbocycles. The number of quaternary nitrogens is 1. The second kappa shape index (κ2) is 38.5. The number of carbonyl (C=O) groups excluding carboxylic acids is 2. The molecule has 0 aromatic heterocycles. The van der Waals surface area contributed by atoms with Crippen LogP contribution in [0.2, 0.25) is 0 Å². The Morgan fingerprint density at radius 2 is 1.03 bits per heavy atom. The number of Topliss-reactive ketones (excluding diaryl/α,β-unsaturated/α-hetero) is 2. The molecular weight excluding hydrogens is 762 g/mol. The van der Waals surface area contributed by atoms with Gasteiger partial charge in [0.05, 0.1) is 40.3 Å². The summed E-state index contributed by atoms with van der Waals surface area (Å²) in [7, 11) is 1.01. The number of phosphoric ester groups is 1. The van der Waals surface area contributed by atoms with Crippen molar-refractivity contribution < 1.29 is 42.8 Å². The van der Waals surface area contributed by atoms with Gasteiger partial charge in [0.15, 0.2) is 0 Å². The summed E-state index contributed by atoms with van der Waals surface area (Å²) in [5.41, 5.74) is 0. The maximum atomic E-state index is 14.3. The molecule has 0 saturated heterocycles. The first-order valence-corrected chi connectivity index (χ1v) is 25.9. The molecule has 0 radical (unpaired) electrons. The predicted molar refractivity (Wildman–Crippen MR) is 247 cm³/mol. The summed E-state index contributed by atoms with van der Waals surface area (Å²) >= 11 is 0. The molecule has 10 heteroatoms. The molecule has 0 heterocycles. The van der Waals surface area contributed by atoms with Crippen LogP contribution in [0.25, 0.3) is 0 Å². The minimum atomic E-state index is -4.75. The maximum Gasteiger partial charge on any atom is 0.472 e. The molecule has 0 aromatic rings. The van der Waals surface area contributed by atoms with Gasteiger partial charge in [0, 0.05) is 18.8 Å². The number of hydrogen-bond acceptors (Lipinski definition) is 7. The van der Waals surface area contributed by atoms with Gasteiger partial charge in [0.1, 0.15) is 30.3 Å². The van der Waals surface area contributed by atoms with E-state index < -0.39 is 45.1 Å². The maximum absolute atomic E-state index is 14.3. The molecule has 5 atom stereocenters. The van der Waals surface area contributed by atoms with Crippen molar-refractivity contribution in [3.8, 4) is 0 Å². The van der Waals surface area contributed by atoms with Gasteiger partial charge in [-0.25, -0.2) is 4.57 Å². The number of nitrogens with zero attached hydrogens (tertiary/aromatic N) is 1. The van der Waals surface area contributed by atoms with Crippen molar-refractivity contribution in [3.63, 3.8) is 0 Å². The van der Waals surface area contributed by atoms with Gasteiger partial charge in [-0.05, 0) is 51.4 Å². The summed E-state index contributed by atoms with van der Waals surface area (Å²) in [6, 6.07) is 0. The Kier molecular flexibility index (Phi) is 37.7. The second-order valence-electron chi connectivity index (χ2n) is 18.3. The Labute approximate surface area is 363 Å². The highest BCUT2D eigenvalue weighted by atomic mass is 31.2. The van der Waals surface area contributed by atoms with Crippen LogP contribution in [0.4, 0.5) is 0 Å². The minimum absolute atomic E-state index is 0.0202. The number of aliphatic hydroxyl groups excluding tert-OH is 2. The van der Waals surface area contributed by atoms with Crippen molar-refractivity contribution in [2.45, 2.75) is 226 Å². The highest BCUT2D eigenvalue weighted by Gasteiger charge is 2.44. The van der Waals surface area contributed by atoms with Crippen molar-refractivity contribution in [2.75, 3.05) is 40.9 Å². The molecule has 0 aliphatic rings. The van der Waals surface area contributed by atoms with Crippen LogP contribution in [0.15, 0.2) is 24.3 Å². The monoisotopic (exact) mass is 857 g/mol. The molecular formula is C49H95NO8P+. The van der Waals surface area contributed by atoms with E-state index in [2.05, 4.69) is 38.2 Å². The molecule has 0 aliphatic heterocycles. The predicted octanol–water partition coefficient (Wildman–Crippen LogP) is 12.8. The third kappa shape index (κ3) is 35.0. The zero-order valence-electron chi connectivity index (χ0n) is 39.2. The first kappa shape index (κ1) is 57.8. The fourth-order valence-corrected chi connectivity index (χ4v) is 8.82. The lowest BCUT2D eigenvalue weighted by atomic mass is 9.76. The summed E-state index contributed by atoms with van der Waals surface area (Å²) in [6.07, 6.45) is 38.9. The minimum Gasteiger partial charge on any atom is -0.394 e. The van der Waals surface area contributed by atoms with Crippen LogP contribution in [0.5, 0.6) is 0 Å². The van der Waals surface area contributed by atoms with E-state index >= 15 is 0 Å². The zero-order chi connectivity index (χ0) is 44.0. The van der Waals surface area contributed by atoms with Crippen LogP contribution in [0.1, 0.15) is 213 Å². The third-order valence-electron chi connectivity index (χ3n) is 11.3. The number of rotatable bonds is 44. The number of unbranched alkanes of at least 4 members (excludes halogenated alkanes) is 22. The molecule has 0 aliphatic carbocycles. The Bertz CT molecular complexity index is 1110. The number of hydrogen-bond donors (Lipinski definition) is 3. The van der Waals surface area contributed by atoms with E-state index in [9.17, 15) is 29.3 Å². The fourth-order valence-electron chi connectivity index (χ4n) is 7.86. The molecule has 0 amide bonds. The summed E-state index contributed by atoms with van der Waals surface area (Å²) in [4.78, 5) is 39.2. The Morgan fingerprint density at radius 1 is 0.610 bits per heavy atom. The number of phosphoric acid groups is 1. The molecule has 3 N–H and O–H groups in total. The van der Waals surface area contributed by atoms with Crippen molar-refractivity contribution in [2.24, 2.45) is 11.8 Å². The Balaban J connectivity index is 5.38. The lowest BCUT2D eigenvalue weighted by Gasteiger charge is -2.36. The third-order valence-corrected chi connectivity index (χ3v) is 12.3. The fraction of sp³-hybridized carbons (Fsp3) is 0.878. The zero-order valence-corrected chi connectivity index (χ0v) is 40.1. The van der Waals surface area contributed by atoms with Crippen molar-refractivity contribution in [1.82, 2.24) is 0 Å². The molecule has 0 spiro atoms. The van der Waals surface area contributed by atoms with E-state index in [1.807, 2.05) is 28.1 Å². The quantitative estimate of drug-likeness (QED) is 0.0239. The van der Waals surface area contributed by atoms with Gasteiger partial charge in [0.25, 0.3) is 0 Å². The van der Waals surface area contributed by atoms with E-state index in [4.69, 9.17) is 9.05 Å². The van der Waals surface area contributed by atoms with Gasteiger partial charge in [0.2, 0.25) is 0 Å². The van der Waals surface area contributed by atoms with Crippen LogP contribution < -0.4 is 0 Å². The van der Waals surface area contributed by atoms with Crippen LogP contribution in [0, 0.1) is 11.8 Å².